The molecule has 4 heterocycles. The number of carbonyl (C=O) groups is 3. The second-order valence-electron chi connectivity index (χ2n) is 11.5. The van der Waals surface area contributed by atoms with Crippen molar-refractivity contribution in [1.29, 1.82) is 0 Å². The number of carbonyl (C=O) groups excluding carboxylic acids is 3. The number of aromatic amines is 1. The van der Waals surface area contributed by atoms with Crippen LogP contribution in [0.5, 0.6) is 5.75 Å². The topological polar surface area (TPSA) is 107 Å². The smallest absolute Gasteiger partial charge is 0.340 e. The molecule has 0 amide bonds. The van der Waals surface area contributed by atoms with Gasteiger partial charge in [-0.3, -0.25) is 4.90 Å². The molecule has 0 saturated carbocycles. The average Bonchev–Trinajstić information content (AvgIpc) is 3.34. The molecule has 42 heavy (non-hydrogen) atoms. The second kappa shape index (κ2) is 11.4. The highest BCUT2D eigenvalue weighted by Gasteiger charge is 2.52. The number of nitrogens with zero attached hydrogens (tertiary/aromatic N) is 1. The largest absolute Gasteiger partial charge is 0.472 e. The Balaban J connectivity index is 1.30. The van der Waals surface area contributed by atoms with Crippen LogP contribution in [0.2, 0.25) is 0 Å². The van der Waals surface area contributed by atoms with E-state index in [1.807, 2.05) is 19.1 Å². The predicted octanol–water partition coefficient (Wildman–Crippen LogP) is 5.71. The molecule has 3 aliphatic heterocycles. The van der Waals surface area contributed by atoms with Gasteiger partial charge in [0.25, 0.3) is 0 Å². The first-order valence-corrected chi connectivity index (χ1v) is 15.1. The SMILES string of the molecule is CCOC(=O)c1cc(COC(=O)c2c(C)[nH]c3ccc4c(c23)CC2CCCN3CCCCC23O4)cc(C(=O)OCC)c1. The molecule has 9 heteroatoms. The summed E-state index contributed by atoms with van der Waals surface area (Å²) in [4.78, 5) is 44.5. The third kappa shape index (κ3) is 4.93. The molecule has 2 fully saturated rings. The number of hydrogen-bond acceptors (Lipinski definition) is 8. The highest BCUT2D eigenvalue weighted by molar-refractivity contribution is 6.07. The van der Waals surface area contributed by atoms with Gasteiger partial charge in [-0.15, -0.1) is 0 Å². The van der Waals surface area contributed by atoms with E-state index in [0.717, 1.165) is 66.7 Å². The Hall–Kier alpha value is -3.85. The van der Waals surface area contributed by atoms with Gasteiger partial charge in [-0.2, -0.15) is 0 Å². The van der Waals surface area contributed by atoms with Crippen LogP contribution in [0.3, 0.4) is 0 Å². The Kier molecular flexibility index (Phi) is 7.70. The fourth-order valence-corrected chi connectivity index (χ4v) is 7.13. The predicted molar refractivity (Wildman–Crippen MR) is 156 cm³/mol. The van der Waals surface area contributed by atoms with Crippen molar-refractivity contribution in [2.45, 2.75) is 71.6 Å². The minimum Gasteiger partial charge on any atom is -0.472 e. The number of hydrogen-bond donors (Lipinski definition) is 1. The van der Waals surface area contributed by atoms with Crippen LogP contribution in [0.4, 0.5) is 0 Å². The lowest BCUT2D eigenvalue weighted by molar-refractivity contribution is -0.177. The van der Waals surface area contributed by atoms with Crippen LogP contribution in [-0.2, 0) is 27.2 Å². The molecule has 2 atom stereocenters. The lowest BCUT2D eigenvalue weighted by Gasteiger charge is -2.56. The van der Waals surface area contributed by atoms with Crippen LogP contribution < -0.4 is 4.74 Å². The third-order valence-corrected chi connectivity index (χ3v) is 8.91. The Bertz CT molecular complexity index is 1500. The van der Waals surface area contributed by atoms with Crippen molar-refractivity contribution in [3.05, 3.63) is 63.8 Å². The number of rotatable bonds is 7. The van der Waals surface area contributed by atoms with Gasteiger partial charge in [0, 0.05) is 47.6 Å². The molecule has 2 unspecified atom stereocenters. The quantitative estimate of drug-likeness (QED) is 0.282. The summed E-state index contributed by atoms with van der Waals surface area (Å²) < 4.78 is 23.0. The normalized spacial score (nSPS) is 21.5. The zero-order valence-corrected chi connectivity index (χ0v) is 24.5. The summed E-state index contributed by atoms with van der Waals surface area (Å²) >= 11 is 0. The highest BCUT2D eigenvalue weighted by Crippen LogP contribution is 2.50. The molecule has 3 aromatic rings. The number of esters is 3. The molecule has 6 rings (SSSR count). The van der Waals surface area contributed by atoms with Crippen LogP contribution in [-0.4, -0.2) is 59.8 Å². The summed E-state index contributed by atoms with van der Waals surface area (Å²) in [5, 5.41) is 0.852. The average molecular weight is 575 g/mol. The maximum absolute atomic E-state index is 13.7. The van der Waals surface area contributed by atoms with Gasteiger partial charge in [0.1, 0.15) is 12.4 Å². The van der Waals surface area contributed by atoms with Gasteiger partial charge in [0.15, 0.2) is 5.72 Å². The molecule has 2 aromatic carbocycles. The summed E-state index contributed by atoms with van der Waals surface area (Å²) in [5.41, 5.74) is 3.78. The molecular weight excluding hydrogens is 536 g/mol. The maximum Gasteiger partial charge on any atom is 0.340 e. The zero-order chi connectivity index (χ0) is 29.4. The second-order valence-corrected chi connectivity index (χ2v) is 11.5. The van der Waals surface area contributed by atoms with E-state index in [-0.39, 0.29) is 36.7 Å². The molecule has 1 N–H and O–H groups in total. The number of benzene rings is 2. The van der Waals surface area contributed by atoms with Gasteiger partial charge in [0.2, 0.25) is 0 Å². The van der Waals surface area contributed by atoms with E-state index in [2.05, 4.69) is 9.88 Å². The van der Waals surface area contributed by atoms with Crippen molar-refractivity contribution in [1.82, 2.24) is 9.88 Å². The van der Waals surface area contributed by atoms with Crippen LogP contribution >= 0.6 is 0 Å². The molecule has 222 valence electrons. The number of ether oxygens (including phenoxy) is 4. The molecule has 1 aromatic heterocycles. The van der Waals surface area contributed by atoms with E-state index in [1.165, 1.54) is 18.9 Å². The Morgan fingerprint density at radius 2 is 1.67 bits per heavy atom. The molecule has 9 nitrogen and oxygen atoms in total. The minimum atomic E-state index is -0.563. The maximum atomic E-state index is 13.7. The zero-order valence-electron chi connectivity index (χ0n) is 24.5. The Morgan fingerprint density at radius 3 is 2.38 bits per heavy atom. The molecule has 0 bridgehead atoms. The highest BCUT2D eigenvalue weighted by atomic mass is 16.5. The fourth-order valence-electron chi connectivity index (χ4n) is 7.13. The van der Waals surface area contributed by atoms with Crippen LogP contribution in [0.15, 0.2) is 30.3 Å². The standard InChI is InChI=1S/C33H38N2O7/c1-4-39-30(36)22-15-21(16-23(17-22)31(37)40-5-2)19-41-32(38)28-20(3)34-26-10-11-27-25(29(26)28)18-24-9-8-14-35-13-7-6-12-33(24,35)42-27/h10-11,15-17,24,34H,4-9,12-14,18-19H2,1-3H3. The van der Waals surface area contributed by atoms with E-state index in [9.17, 15) is 14.4 Å². The van der Waals surface area contributed by atoms with E-state index in [0.29, 0.717) is 17.0 Å². The molecule has 1 spiro atoms. The third-order valence-electron chi connectivity index (χ3n) is 8.91. The van der Waals surface area contributed by atoms with Crippen molar-refractivity contribution < 1.29 is 33.3 Å². The molecule has 2 saturated heterocycles. The number of aromatic nitrogens is 1. The molecule has 0 radical (unpaired) electrons. The first-order chi connectivity index (χ1) is 20.3. The van der Waals surface area contributed by atoms with Crippen LogP contribution in [0.25, 0.3) is 10.9 Å². The van der Waals surface area contributed by atoms with Gasteiger partial charge in [-0.25, -0.2) is 14.4 Å². The van der Waals surface area contributed by atoms with E-state index >= 15 is 0 Å². The van der Waals surface area contributed by atoms with Crippen molar-refractivity contribution in [3.8, 4) is 5.75 Å². The number of aryl methyl sites for hydroxylation is 1. The minimum absolute atomic E-state index is 0.128. The van der Waals surface area contributed by atoms with E-state index in [4.69, 9.17) is 18.9 Å². The first-order valence-electron chi connectivity index (χ1n) is 15.1. The first kappa shape index (κ1) is 28.3. The summed E-state index contributed by atoms with van der Waals surface area (Å²) in [5.74, 6) is -0.383. The molecule has 0 aliphatic carbocycles. The van der Waals surface area contributed by atoms with Crippen LogP contribution in [0, 0.1) is 12.8 Å². The van der Waals surface area contributed by atoms with Gasteiger partial charge in [-0.05, 0) is 88.8 Å². The van der Waals surface area contributed by atoms with Crippen molar-refractivity contribution >= 4 is 28.8 Å². The Labute approximate surface area is 245 Å². The summed E-state index contributed by atoms with van der Waals surface area (Å²) in [6, 6.07) is 8.60. The van der Waals surface area contributed by atoms with Gasteiger partial charge >= 0.3 is 17.9 Å². The van der Waals surface area contributed by atoms with Gasteiger partial charge < -0.3 is 23.9 Å². The summed E-state index contributed by atoms with van der Waals surface area (Å²) in [6.45, 7) is 7.70. The monoisotopic (exact) mass is 574 g/mol. The summed E-state index contributed by atoms with van der Waals surface area (Å²) in [7, 11) is 0. The van der Waals surface area contributed by atoms with E-state index < -0.39 is 17.9 Å². The number of H-pyrrole nitrogens is 1. The van der Waals surface area contributed by atoms with Crippen molar-refractivity contribution in [3.63, 3.8) is 0 Å². The molecular formula is C33H38N2O7. The fraction of sp³-hybridized carbons (Fsp3) is 0.485. The number of piperidine rings is 2. The molecule has 3 aliphatic rings. The van der Waals surface area contributed by atoms with E-state index in [1.54, 1.807) is 26.0 Å². The Morgan fingerprint density at radius 1 is 0.952 bits per heavy atom. The van der Waals surface area contributed by atoms with Gasteiger partial charge in [-0.1, -0.05) is 0 Å². The lowest BCUT2D eigenvalue weighted by Crippen LogP contribution is -2.64. The number of nitrogens with one attached hydrogen (secondary N) is 1. The number of fused-ring (bicyclic) bond motifs is 3. The van der Waals surface area contributed by atoms with Crippen LogP contribution in [0.1, 0.15) is 93.8 Å². The summed E-state index contributed by atoms with van der Waals surface area (Å²) in [6.07, 6.45) is 6.53. The van der Waals surface area contributed by atoms with Gasteiger partial charge in [0.05, 0.1) is 29.9 Å². The van der Waals surface area contributed by atoms with Crippen molar-refractivity contribution in [2.75, 3.05) is 26.3 Å². The lowest BCUT2D eigenvalue weighted by atomic mass is 9.74. The van der Waals surface area contributed by atoms with Crippen molar-refractivity contribution in [2.24, 2.45) is 5.92 Å².